The van der Waals surface area contributed by atoms with Gasteiger partial charge >= 0.3 is 0 Å². The molecule has 1 N–H and O–H groups in total. The number of benzene rings is 1. The highest BCUT2D eigenvalue weighted by Crippen LogP contribution is 2.41. The molecule has 0 bridgehead atoms. The second-order valence-electron chi connectivity index (χ2n) is 7.42. The van der Waals surface area contributed by atoms with Crippen LogP contribution in [0.4, 0.5) is 5.69 Å². The maximum Gasteiger partial charge on any atom is 0.140 e. The maximum absolute atomic E-state index is 10.7. The van der Waals surface area contributed by atoms with Gasteiger partial charge in [0.2, 0.25) is 0 Å². The molecule has 0 saturated carbocycles. The highest BCUT2D eigenvalue weighted by molar-refractivity contribution is 8.22. The van der Waals surface area contributed by atoms with E-state index in [0.29, 0.717) is 5.75 Å². The van der Waals surface area contributed by atoms with Crippen LogP contribution in [0.5, 0.6) is 5.75 Å². The minimum Gasteiger partial charge on any atom is -0.507 e. The summed E-state index contributed by atoms with van der Waals surface area (Å²) >= 11 is 6.95. The Morgan fingerprint density at radius 3 is 1.71 bits per heavy atom. The molecule has 0 unspecified atom stereocenters. The van der Waals surface area contributed by atoms with Gasteiger partial charge in [-0.3, -0.25) is 0 Å². The number of thioether (sulfide) groups is 1. The van der Waals surface area contributed by atoms with Crippen LogP contribution >= 0.6 is 24.0 Å². The second kappa shape index (κ2) is 6.17. The van der Waals surface area contributed by atoms with Gasteiger partial charge in [0.05, 0.1) is 0 Å². The average molecular weight is 326 g/mol. The molecule has 21 heavy (non-hydrogen) atoms. The van der Waals surface area contributed by atoms with Crippen molar-refractivity contribution in [2.24, 2.45) is 0 Å². The van der Waals surface area contributed by atoms with E-state index in [9.17, 15) is 5.11 Å². The lowest BCUT2D eigenvalue weighted by molar-refractivity contribution is 0.423. The standard InChI is InChI=1S/C17H27NOS2/c1-16(2,3)12-9-11(18(7)15(20)21-8)10-13(14(12)19)17(4,5)6/h9-10,19H,1-8H3. The van der Waals surface area contributed by atoms with E-state index in [4.69, 9.17) is 12.2 Å². The van der Waals surface area contributed by atoms with Crippen molar-refractivity contribution in [2.75, 3.05) is 18.2 Å². The zero-order valence-corrected chi connectivity index (χ0v) is 16.0. The third-order valence-electron chi connectivity index (χ3n) is 3.55. The fourth-order valence-corrected chi connectivity index (χ4v) is 2.68. The van der Waals surface area contributed by atoms with Crippen LogP contribution in [0, 0.1) is 0 Å². The zero-order valence-electron chi connectivity index (χ0n) is 14.4. The van der Waals surface area contributed by atoms with Crippen molar-refractivity contribution in [1.29, 1.82) is 0 Å². The van der Waals surface area contributed by atoms with Gasteiger partial charge in [-0.25, -0.2) is 0 Å². The molecule has 0 spiro atoms. The van der Waals surface area contributed by atoms with Crippen molar-refractivity contribution in [3.05, 3.63) is 23.3 Å². The molecule has 0 saturated heterocycles. The first-order valence-corrected chi connectivity index (χ1v) is 8.72. The number of rotatable bonds is 1. The third kappa shape index (κ3) is 4.13. The number of phenolic OH excluding ortho intramolecular Hbond substituents is 1. The highest BCUT2D eigenvalue weighted by atomic mass is 32.2. The van der Waals surface area contributed by atoms with Gasteiger partial charge in [0.25, 0.3) is 0 Å². The largest absolute Gasteiger partial charge is 0.507 e. The van der Waals surface area contributed by atoms with Crippen LogP contribution in [0.3, 0.4) is 0 Å². The van der Waals surface area contributed by atoms with E-state index in [1.54, 1.807) is 11.8 Å². The lowest BCUT2D eigenvalue weighted by atomic mass is 9.79. The average Bonchev–Trinajstić information content (AvgIpc) is 2.34. The summed E-state index contributed by atoms with van der Waals surface area (Å²) in [5.41, 5.74) is 2.70. The van der Waals surface area contributed by atoms with E-state index in [-0.39, 0.29) is 10.8 Å². The van der Waals surface area contributed by atoms with Crippen molar-refractivity contribution < 1.29 is 5.11 Å². The van der Waals surface area contributed by atoms with Crippen LogP contribution in [0.15, 0.2) is 12.1 Å². The minimum atomic E-state index is -0.123. The van der Waals surface area contributed by atoms with Gasteiger partial charge in [-0.05, 0) is 29.2 Å². The Hall–Kier alpha value is -0.740. The molecule has 0 atom stereocenters. The Balaban J connectivity index is 3.59. The molecule has 1 aromatic carbocycles. The quantitative estimate of drug-likeness (QED) is 0.728. The molecule has 2 nitrogen and oxygen atoms in total. The Morgan fingerprint density at radius 1 is 1.05 bits per heavy atom. The van der Waals surface area contributed by atoms with Crippen molar-refractivity contribution in [2.45, 2.75) is 52.4 Å². The summed E-state index contributed by atoms with van der Waals surface area (Å²) in [5, 5.41) is 10.7. The molecular formula is C17H27NOS2. The molecular weight excluding hydrogens is 298 g/mol. The van der Waals surface area contributed by atoms with Crippen molar-refractivity contribution in [1.82, 2.24) is 0 Å². The first kappa shape index (κ1) is 18.3. The topological polar surface area (TPSA) is 23.5 Å². The molecule has 0 amide bonds. The normalized spacial score (nSPS) is 12.4. The van der Waals surface area contributed by atoms with Gasteiger partial charge in [0, 0.05) is 23.9 Å². The van der Waals surface area contributed by atoms with Crippen LogP contribution in [-0.4, -0.2) is 22.7 Å². The van der Waals surface area contributed by atoms with Crippen LogP contribution in [-0.2, 0) is 10.8 Å². The summed E-state index contributed by atoms with van der Waals surface area (Å²) < 4.78 is 0.820. The maximum atomic E-state index is 10.7. The number of anilines is 1. The first-order valence-electron chi connectivity index (χ1n) is 7.09. The van der Waals surface area contributed by atoms with Gasteiger partial charge in [-0.15, -0.1) is 11.8 Å². The number of thiocarbonyl (C=S) groups is 1. The molecule has 0 heterocycles. The molecule has 0 aliphatic heterocycles. The third-order valence-corrected chi connectivity index (χ3v) is 4.94. The van der Waals surface area contributed by atoms with E-state index in [2.05, 4.69) is 41.5 Å². The lowest BCUT2D eigenvalue weighted by Crippen LogP contribution is -2.24. The summed E-state index contributed by atoms with van der Waals surface area (Å²) in [6.45, 7) is 12.7. The van der Waals surface area contributed by atoms with Crippen LogP contribution in [0.25, 0.3) is 0 Å². The molecule has 1 rings (SSSR count). The Morgan fingerprint density at radius 2 is 1.43 bits per heavy atom. The fourth-order valence-electron chi connectivity index (χ4n) is 2.20. The summed E-state index contributed by atoms with van der Waals surface area (Å²) in [6.07, 6.45) is 1.98. The van der Waals surface area contributed by atoms with E-state index in [1.807, 2.05) is 30.3 Å². The molecule has 0 fully saturated rings. The predicted octanol–water partition coefficient (Wildman–Crippen LogP) is 5.07. The summed E-state index contributed by atoms with van der Waals surface area (Å²) in [4.78, 5) is 2.00. The summed E-state index contributed by atoms with van der Waals surface area (Å²) in [6, 6.07) is 4.10. The van der Waals surface area contributed by atoms with E-state index in [0.717, 1.165) is 21.1 Å². The summed E-state index contributed by atoms with van der Waals surface area (Å²) in [7, 11) is 1.98. The second-order valence-corrected chi connectivity index (χ2v) is 8.86. The molecule has 1 aromatic rings. The van der Waals surface area contributed by atoms with Gasteiger partial charge in [-0.2, -0.15) is 0 Å². The van der Waals surface area contributed by atoms with Gasteiger partial charge in [-0.1, -0.05) is 53.8 Å². The van der Waals surface area contributed by atoms with Gasteiger partial charge in [0.15, 0.2) is 0 Å². The van der Waals surface area contributed by atoms with Crippen LogP contribution < -0.4 is 4.90 Å². The van der Waals surface area contributed by atoms with E-state index >= 15 is 0 Å². The van der Waals surface area contributed by atoms with E-state index in [1.165, 1.54) is 0 Å². The minimum absolute atomic E-state index is 0.123. The summed E-state index contributed by atoms with van der Waals surface area (Å²) in [5.74, 6) is 0.405. The number of hydrogen-bond donors (Lipinski definition) is 1. The monoisotopic (exact) mass is 325 g/mol. The molecule has 0 aliphatic carbocycles. The van der Waals surface area contributed by atoms with Crippen molar-refractivity contribution in [3.63, 3.8) is 0 Å². The Bertz CT molecular complexity index is 504. The Labute approximate surface area is 138 Å². The van der Waals surface area contributed by atoms with Gasteiger partial charge in [0.1, 0.15) is 10.1 Å². The number of aromatic hydroxyl groups is 1. The van der Waals surface area contributed by atoms with Crippen LogP contribution in [0.2, 0.25) is 0 Å². The number of phenols is 1. The van der Waals surface area contributed by atoms with Crippen molar-refractivity contribution >= 4 is 34.0 Å². The molecule has 4 heteroatoms. The van der Waals surface area contributed by atoms with Gasteiger partial charge < -0.3 is 10.0 Å². The lowest BCUT2D eigenvalue weighted by Gasteiger charge is -2.30. The SMILES string of the molecule is CSC(=S)N(C)c1cc(C(C)(C)C)c(O)c(C(C)(C)C)c1. The number of hydrogen-bond acceptors (Lipinski definition) is 3. The van der Waals surface area contributed by atoms with E-state index < -0.39 is 0 Å². The molecule has 118 valence electrons. The zero-order chi connectivity index (χ0) is 16.6. The molecule has 0 aromatic heterocycles. The Kier molecular flexibility index (Phi) is 5.38. The predicted molar refractivity (Wildman–Crippen MR) is 100 cm³/mol. The molecule has 0 radical (unpaired) electrons. The fraction of sp³-hybridized carbons (Fsp3) is 0.588. The van der Waals surface area contributed by atoms with Crippen molar-refractivity contribution in [3.8, 4) is 5.75 Å². The molecule has 0 aliphatic rings. The smallest absolute Gasteiger partial charge is 0.140 e. The first-order chi connectivity index (χ1) is 9.39. The van der Waals surface area contributed by atoms with Crippen LogP contribution in [0.1, 0.15) is 52.7 Å². The number of nitrogens with zero attached hydrogens (tertiary/aromatic N) is 1. The highest BCUT2D eigenvalue weighted by Gasteiger charge is 2.27.